The molecule has 0 aromatic heterocycles. The molecule has 0 unspecified atom stereocenters. The topological polar surface area (TPSA) is 75.3 Å². The summed E-state index contributed by atoms with van der Waals surface area (Å²) >= 11 is 0. The first kappa shape index (κ1) is 20.3. The number of carbonyl (C=O) groups is 3. The molecule has 0 saturated carbocycles. The molecule has 30 heavy (non-hydrogen) atoms. The molecule has 4 rings (SSSR count). The first-order valence-corrected chi connectivity index (χ1v) is 10.6. The molecule has 2 atom stereocenters. The molecule has 2 N–H and O–H groups in total. The Hall–Kier alpha value is -2.95. The number of imide groups is 1. The maximum atomic E-state index is 13.0. The minimum atomic E-state index is -0.318. The van der Waals surface area contributed by atoms with Gasteiger partial charge in [0.1, 0.15) is 0 Å². The van der Waals surface area contributed by atoms with Crippen molar-refractivity contribution in [3.63, 3.8) is 0 Å². The Labute approximate surface area is 177 Å². The third-order valence-corrected chi connectivity index (χ3v) is 6.33. The van der Waals surface area contributed by atoms with Crippen molar-refractivity contribution in [2.45, 2.75) is 52.0 Å². The summed E-state index contributed by atoms with van der Waals surface area (Å²) in [5, 5.41) is 5.58. The minimum absolute atomic E-state index is 0.0147. The van der Waals surface area contributed by atoms with Gasteiger partial charge in [-0.15, -0.1) is 0 Å². The van der Waals surface area contributed by atoms with Crippen LogP contribution >= 0.6 is 0 Å². The SMILES string of the molecule is CC1(C)CCc2ccccc2[C@@H](NC(=O)c2ccc(C[C@H]3CC(=O)NC3=O)cc2)C1. The van der Waals surface area contributed by atoms with E-state index in [2.05, 4.69) is 42.7 Å². The first-order chi connectivity index (χ1) is 14.3. The Morgan fingerprint density at radius 3 is 2.53 bits per heavy atom. The molecule has 2 aliphatic rings. The molecule has 1 fully saturated rings. The number of hydrogen-bond acceptors (Lipinski definition) is 3. The van der Waals surface area contributed by atoms with Crippen LogP contribution in [0.3, 0.4) is 0 Å². The Morgan fingerprint density at radius 2 is 1.83 bits per heavy atom. The lowest BCUT2D eigenvalue weighted by molar-refractivity contribution is -0.125. The van der Waals surface area contributed by atoms with Crippen LogP contribution < -0.4 is 10.6 Å². The van der Waals surface area contributed by atoms with E-state index < -0.39 is 0 Å². The van der Waals surface area contributed by atoms with Crippen molar-refractivity contribution in [2.24, 2.45) is 11.3 Å². The summed E-state index contributed by atoms with van der Waals surface area (Å²) in [5.41, 5.74) is 4.23. The number of nitrogens with one attached hydrogen (secondary N) is 2. The highest BCUT2D eigenvalue weighted by Crippen LogP contribution is 2.39. The van der Waals surface area contributed by atoms with E-state index in [1.54, 1.807) is 12.1 Å². The molecule has 0 radical (unpaired) electrons. The number of aryl methyl sites for hydroxylation is 1. The molecule has 1 saturated heterocycles. The Balaban J connectivity index is 1.47. The van der Waals surface area contributed by atoms with Gasteiger partial charge in [-0.05, 0) is 59.9 Å². The predicted molar refractivity (Wildman–Crippen MR) is 115 cm³/mol. The Bertz CT molecular complexity index is 978. The maximum Gasteiger partial charge on any atom is 0.251 e. The van der Waals surface area contributed by atoms with Crippen molar-refractivity contribution >= 4 is 17.7 Å². The molecular formula is C25H28N2O3. The van der Waals surface area contributed by atoms with Gasteiger partial charge in [-0.1, -0.05) is 50.2 Å². The molecule has 5 nitrogen and oxygen atoms in total. The zero-order chi connectivity index (χ0) is 21.3. The smallest absolute Gasteiger partial charge is 0.251 e. The van der Waals surface area contributed by atoms with E-state index in [-0.39, 0.29) is 41.5 Å². The van der Waals surface area contributed by atoms with Crippen molar-refractivity contribution in [2.75, 3.05) is 0 Å². The minimum Gasteiger partial charge on any atom is -0.345 e. The summed E-state index contributed by atoms with van der Waals surface area (Å²) in [5.74, 6) is -0.834. The third kappa shape index (κ3) is 4.45. The van der Waals surface area contributed by atoms with Gasteiger partial charge in [-0.3, -0.25) is 19.7 Å². The number of benzene rings is 2. The zero-order valence-corrected chi connectivity index (χ0v) is 17.5. The molecule has 2 aromatic carbocycles. The van der Waals surface area contributed by atoms with Crippen LogP contribution in [0.2, 0.25) is 0 Å². The first-order valence-electron chi connectivity index (χ1n) is 10.6. The van der Waals surface area contributed by atoms with E-state index in [4.69, 9.17) is 0 Å². The average Bonchev–Trinajstić information content (AvgIpc) is 2.96. The van der Waals surface area contributed by atoms with Crippen molar-refractivity contribution in [1.82, 2.24) is 10.6 Å². The van der Waals surface area contributed by atoms with Crippen LogP contribution in [0.15, 0.2) is 48.5 Å². The van der Waals surface area contributed by atoms with E-state index in [0.717, 1.165) is 24.8 Å². The highest BCUT2D eigenvalue weighted by atomic mass is 16.2. The zero-order valence-electron chi connectivity index (χ0n) is 17.5. The van der Waals surface area contributed by atoms with E-state index in [1.165, 1.54) is 11.1 Å². The second-order valence-corrected chi connectivity index (χ2v) is 9.31. The molecule has 0 spiro atoms. The van der Waals surface area contributed by atoms with Crippen LogP contribution in [0.25, 0.3) is 0 Å². The molecule has 2 aromatic rings. The molecule has 1 heterocycles. The summed E-state index contributed by atoms with van der Waals surface area (Å²) in [7, 11) is 0. The number of fused-ring (bicyclic) bond motifs is 1. The van der Waals surface area contributed by atoms with Gasteiger partial charge in [-0.2, -0.15) is 0 Å². The van der Waals surface area contributed by atoms with Gasteiger partial charge in [0, 0.05) is 12.0 Å². The summed E-state index contributed by atoms with van der Waals surface area (Å²) < 4.78 is 0. The molecule has 156 valence electrons. The van der Waals surface area contributed by atoms with E-state index >= 15 is 0 Å². The van der Waals surface area contributed by atoms with Gasteiger partial charge in [0.2, 0.25) is 11.8 Å². The highest BCUT2D eigenvalue weighted by molar-refractivity contribution is 6.03. The van der Waals surface area contributed by atoms with Gasteiger partial charge in [0.05, 0.1) is 12.0 Å². The second kappa shape index (κ2) is 8.05. The maximum absolute atomic E-state index is 13.0. The van der Waals surface area contributed by atoms with Crippen LogP contribution in [-0.2, 0) is 22.4 Å². The van der Waals surface area contributed by atoms with Gasteiger partial charge >= 0.3 is 0 Å². The van der Waals surface area contributed by atoms with Gasteiger partial charge in [0.25, 0.3) is 5.91 Å². The third-order valence-electron chi connectivity index (χ3n) is 6.33. The average molecular weight is 405 g/mol. The van der Waals surface area contributed by atoms with Crippen LogP contribution in [0, 0.1) is 11.3 Å². The van der Waals surface area contributed by atoms with Crippen LogP contribution in [-0.4, -0.2) is 17.7 Å². The fourth-order valence-electron chi connectivity index (χ4n) is 4.56. The summed E-state index contributed by atoms with van der Waals surface area (Å²) in [6.07, 6.45) is 3.77. The Kier molecular flexibility index (Phi) is 5.46. The predicted octanol–water partition coefficient (Wildman–Crippen LogP) is 3.73. The van der Waals surface area contributed by atoms with Gasteiger partial charge < -0.3 is 5.32 Å². The monoisotopic (exact) mass is 404 g/mol. The van der Waals surface area contributed by atoms with Crippen molar-refractivity contribution < 1.29 is 14.4 Å². The fourth-order valence-corrected chi connectivity index (χ4v) is 4.56. The number of carbonyl (C=O) groups excluding carboxylic acids is 3. The van der Waals surface area contributed by atoms with Crippen LogP contribution in [0.1, 0.15) is 66.2 Å². The van der Waals surface area contributed by atoms with Crippen LogP contribution in [0.4, 0.5) is 0 Å². The number of rotatable bonds is 4. The van der Waals surface area contributed by atoms with Crippen LogP contribution in [0.5, 0.6) is 0 Å². The second-order valence-electron chi connectivity index (χ2n) is 9.31. The summed E-state index contributed by atoms with van der Waals surface area (Å²) in [6, 6.07) is 15.7. The Morgan fingerprint density at radius 1 is 1.10 bits per heavy atom. The molecule has 0 bridgehead atoms. The lowest BCUT2D eigenvalue weighted by Gasteiger charge is -2.27. The van der Waals surface area contributed by atoms with Gasteiger partial charge in [0.15, 0.2) is 0 Å². The number of hydrogen-bond donors (Lipinski definition) is 2. The van der Waals surface area contributed by atoms with Crippen molar-refractivity contribution in [3.8, 4) is 0 Å². The van der Waals surface area contributed by atoms with Crippen molar-refractivity contribution in [1.29, 1.82) is 0 Å². The number of amides is 3. The van der Waals surface area contributed by atoms with E-state index in [9.17, 15) is 14.4 Å². The largest absolute Gasteiger partial charge is 0.345 e. The molecule has 1 aliphatic heterocycles. The summed E-state index contributed by atoms with van der Waals surface area (Å²) in [4.78, 5) is 36.1. The molecule has 5 heteroatoms. The van der Waals surface area contributed by atoms with Gasteiger partial charge in [-0.25, -0.2) is 0 Å². The van der Waals surface area contributed by atoms with E-state index in [0.29, 0.717) is 12.0 Å². The highest BCUT2D eigenvalue weighted by Gasteiger charge is 2.31. The van der Waals surface area contributed by atoms with Crippen molar-refractivity contribution in [3.05, 3.63) is 70.8 Å². The lowest BCUT2D eigenvalue weighted by atomic mass is 9.83. The normalized spacial score (nSPS) is 22.7. The molecule has 1 aliphatic carbocycles. The standard InChI is InChI=1S/C25H28N2O3/c1-25(2)12-11-17-5-3-4-6-20(17)21(15-25)26-23(29)18-9-7-16(8-10-18)13-19-14-22(28)27-24(19)30/h3-10,19,21H,11-15H2,1-2H3,(H,26,29)(H,27,28,30)/t19-,21-/m0/s1. The lowest BCUT2D eigenvalue weighted by Crippen LogP contribution is -2.31. The molecule has 3 amide bonds. The van der Waals surface area contributed by atoms with E-state index in [1.807, 2.05) is 18.2 Å². The molecular weight excluding hydrogens is 376 g/mol. The summed E-state index contributed by atoms with van der Waals surface area (Å²) in [6.45, 7) is 4.52. The fraction of sp³-hybridized carbons (Fsp3) is 0.400. The quantitative estimate of drug-likeness (QED) is 0.602.